The number of carboxylic acid groups (broad SMARTS) is 1. The number of aryl methyl sites for hydroxylation is 4. The van der Waals surface area contributed by atoms with E-state index in [9.17, 15) is 9.90 Å². The summed E-state index contributed by atoms with van der Waals surface area (Å²) < 4.78 is 0. The van der Waals surface area contributed by atoms with E-state index in [1.54, 1.807) is 12.4 Å². The molecule has 1 aliphatic heterocycles. The zero-order valence-corrected chi connectivity index (χ0v) is 17.9. The minimum absolute atomic E-state index is 0.100. The quantitative estimate of drug-likeness (QED) is 0.634. The van der Waals surface area contributed by atoms with Crippen molar-refractivity contribution < 1.29 is 9.90 Å². The van der Waals surface area contributed by atoms with Crippen LogP contribution in [-0.2, 0) is 24.1 Å². The maximum atomic E-state index is 11.3. The smallest absolute Gasteiger partial charge is 0.305 e. The van der Waals surface area contributed by atoms with Crippen LogP contribution in [0.5, 0.6) is 0 Å². The lowest BCUT2D eigenvalue weighted by atomic mass is 9.89. The summed E-state index contributed by atoms with van der Waals surface area (Å²) in [6.07, 6.45) is 13.2. The van der Waals surface area contributed by atoms with Gasteiger partial charge in [-0.25, -0.2) is 9.97 Å². The number of carboxylic acids is 1. The Morgan fingerprint density at radius 3 is 2.70 bits per heavy atom. The summed E-state index contributed by atoms with van der Waals surface area (Å²) in [6, 6.07) is 4.38. The SMILES string of the molecule is Cc1ncc(C(CC(=O)O)N2CC(CCCCc3ccc4c(n3)CCCC4)C2)cn1. The highest BCUT2D eigenvalue weighted by Crippen LogP contribution is 2.33. The predicted molar refractivity (Wildman–Crippen MR) is 115 cm³/mol. The molecule has 0 spiro atoms. The molecule has 0 bridgehead atoms. The first-order chi connectivity index (χ1) is 14.6. The Kier molecular flexibility index (Phi) is 6.72. The topological polar surface area (TPSA) is 79.2 Å². The van der Waals surface area contributed by atoms with E-state index in [-0.39, 0.29) is 12.5 Å². The molecule has 160 valence electrons. The molecule has 0 radical (unpaired) electrons. The lowest BCUT2D eigenvalue weighted by Gasteiger charge is -2.44. The van der Waals surface area contributed by atoms with E-state index in [0.717, 1.165) is 31.5 Å². The third kappa shape index (κ3) is 5.22. The Morgan fingerprint density at radius 2 is 1.93 bits per heavy atom. The Bertz CT molecular complexity index is 862. The lowest BCUT2D eigenvalue weighted by Crippen LogP contribution is -2.48. The van der Waals surface area contributed by atoms with E-state index in [1.807, 2.05) is 6.92 Å². The normalized spacial score (nSPS) is 17.9. The van der Waals surface area contributed by atoms with Crippen LogP contribution in [0.25, 0.3) is 0 Å². The average Bonchev–Trinajstić information content (AvgIpc) is 2.71. The van der Waals surface area contributed by atoms with Gasteiger partial charge in [0.05, 0.1) is 6.42 Å². The van der Waals surface area contributed by atoms with Gasteiger partial charge in [-0.15, -0.1) is 0 Å². The van der Waals surface area contributed by atoms with Gasteiger partial charge in [0.15, 0.2) is 0 Å². The molecule has 1 aliphatic carbocycles. The van der Waals surface area contributed by atoms with Crippen LogP contribution in [0.3, 0.4) is 0 Å². The van der Waals surface area contributed by atoms with Crippen LogP contribution >= 0.6 is 0 Å². The van der Waals surface area contributed by atoms with E-state index in [0.29, 0.717) is 11.7 Å². The van der Waals surface area contributed by atoms with Crippen molar-refractivity contribution in [2.45, 2.75) is 70.8 Å². The van der Waals surface area contributed by atoms with Crippen molar-refractivity contribution in [3.05, 3.63) is 52.9 Å². The number of fused-ring (bicyclic) bond motifs is 1. The van der Waals surface area contributed by atoms with E-state index in [2.05, 4.69) is 27.0 Å². The standard InChI is InChI=1S/C24H32N4O2/c1-17-25-13-20(14-26-17)23(12-24(29)30)28-15-18(16-28)6-2-4-8-21-11-10-19-7-3-5-9-22(19)27-21/h10-11,13-14,18,23H,2-9,12,15-16H2,1H3,(H,29,30). The predicted octanol–water partition coefficient (Wildman–Crippen LogP) is 3.92. The van der Waals surface area contributed by atoms with Crippen molar-refractivity contribution in [3.63, 3.8) is 0 Å². The van der Waals surface area contributed by atoms with Gasteiger partial charge in [0, 0.05) is 48.5 Å². The van der Waals surface area contributed by atoms with E-state index >= 15 is 0 Å². The summed E-state index contributed by atoms with van der Waals surface area (Å²) in [6.45, 7) is 3.77. The number of likely N-dealkylation sites (tertiary alicyclic amines) is 1. The molecule has 2 aromatic rings. The van der Waals surface area contributed by atoms with Crippen molar-refractivity contribution in [2.75, 3.05) is 13.1 Å². The third-order valence-corrected chi connectivity index (χ3v) is 6.51. The van der Waals surface area contributed by atoms with Gasteiger partial charge in [-0.1, -0.05) is 12.5 Å². The largest absolute Gasteiger partial charge is 0.481 e. The number of hydrogen-bond acceptors (Lipinski definition) is 5. The molecule has 1 saturated heterocycles. The van der Waals surface area contributed by atoms with Gasteiger partial charge in [-0.05, 0) is 69.4 Å². The molecule has 1 unspecified atom stereocenters. The molecular formula is C24H32N4O2. The van der Waals surface area contributed by atoms with Crippen molar-refractivity contribution in [3.8, 4) is 0 Å². The Balaban J connectivity index is 1.21. The Hall–Kier alpha value is -2.34. The molecule has 0 saturated carbocycles. The molecule has 6 nitrogen and oxygen atoms in total. The monoisotopic (exact) mass is 408 g/mol. The van der Waals surface area contributed by atoms with Crippen LogP contribution in [0.4, 0.5) is 0 Å². The number of pyridine rings is 1. The van der Waals surface area contributed by atoms with Crippen LogP contribution < -0.4 is 0 Å². The summed E-state index contributed by atoms with van der Waals surface area (Å²) >= 11 is 0. The molecule has 1 fully saturated rings. The van der Waals surface area contributed by atoms with Gasteiger partial charge >= 0.3 is 5.97 Å². The van der Waals surface area contributed by atoms with Crippen LogP contribution in [0.1, 0.15) is 72.9 Å². The minimum Gasteiger partial charge on any atom is -0.481 e. The molecule has 0 amide bonds. The third-order valence-electron chi connectivity index (χ3n) is 6.51. The first-order valence-electron chi connectivity index (χ1n) is 11.3. The number of aliphatic carboxylic acids is 1. The number of rotatable bonds is 9. The number of carbonyl (C=O) groups is 1. The zero-order chi connectivity index (χ0) is 20.9. The second-order valence-corrected chi connectivity index (χ2v) is 8.86. The highest BCUT2D eigenvalue weighted by atomic mass is 16.4. The molecule has 0 aromatic carbocycles. The summed E-state index contributed by atoms with van der Waals surface area (Å²) in [5.41, 5.74) is 4.93. The molecular weight excluding hydrogens is 376 g/mol. The van der Waals surface area contributed by atoms with Crippen LogP contribution in [0.2, 0.25) is 0 Å². The zero-order valence-electron chi connectivity index (χ0n) is 17.9. The molecule has 4 rings (SSSR count). The first kappa shape index (κ1) is 20.9. The highest BCUT2D eigenvalue weighted by Gasteiger charge is 2.34. The van der Waals surface area contributed by atoms with Gasteiger partial charge in [-0.2, -0.15) is 0 Å². The Morgan fingerprint density at radius 1 is 1.17 bits per heavy atom. The Labute approximate surface area is 178 Å². The summed E-state index contributed by atoms with van der Waals surface area (Å²) in [5, 5.41) is 9.32. The van der Waals surface area contributed by atoms with Crippen molar-refractivity contribution >= 4 is 5.97 Å². The molecule has 1 N–H and O–H groups in total. The maximum Gasteiger partial charge on any atom is 0.305 e. The lowest BCUT2D eigenvalue weighted by molar-refractivity contribution is -0.139. The van der Waals surface area contributed by atoms with E-state index < -0.39 is 5.97 Å². The van der Waals surface area contributed by atoms with E-state index in [1.165, 1.54) is 55.5 Å². The second kappa shape index (κ2) is 9.65. The minimum atomic E-state index is -0.776. The van der Waals surface area contributed by atoms with Crippen molar-refractivity contribution in [1.82, 2.24) is 19.9 Å². The van der Waals surface area contributed by atoms with Crippen molar-refractivity contribution in [2.24, 2.45) is 5.92 Å². The number of hydrogen-bond donors (Lipinski definition) is 1. The summed E-state index contributed by atoms with van der Waals surface area (Å²) in [4.78, 5) is 27.0. The fraction of sp³-hybridized carbons (Fsp3) is 0.583. The summed E-state index contributed by atoms with van der Waals surface area (Å²) in [5.74, 6) is 0.591. The number of nitrogens with zero attached hydrogens (tertiary/aromatic N) is 4. The number of unbranched alkanes of at least 4 members (excludes halogenated alkanes) is 1. The molecule has 2 aromatic heterocycles. The van der Waals surface area contributed by atoms with Gasteiger partial charge < -0.3 is 5.11 Å². The summed E-state index contributed by atoms with van der Waals surface area (Å²) in [7, 11) is 0. The van der Waals surface area contributed by atoms with Gasteiger partial charge in [0.2, 0.25) is 0 Å². The molecule has 2 aliphatic rings. The van der Waals surface area contributed by atoms with Crippen LogP contribution in [-0.4, -0.2) is 44.0 Å². The molecule has 30 heavy (non-hydrogen) atoms. The van der Waals surface area contributed by atoms with Gasteiger partial charge in [0.1, 0.15) is 5.82 Å². The average molecular weight is 409 g/mol. The molecule has 6 heteroatoms. The first-order valence-corrected chi connectivity index (χ1v) is 11.3. The molecule has 1 atom stereocenters. The van der Waals surface area contributed by atoms with Crippen LogP contribution in [0.15, 0.2) is 24.5 Å². The van der Waals surface area contributed by atoms with Gasteiger partial charge in [-0.3, -0.25) is 14.7 Å². The maximum absolute atomic E-state index is 11.3. The fourth-order valence-corrected chi connectivity index (χ4v) is 4.75. The molecule has 3 heterocycles. The van der Waals surface area contributed by atoms with E-state index in [4.69, 9.17) is 4.98 Å². The fourth-order valence-electron chi connectivity index (χ4n) is 4.75. The van der Waals surface area contributed by atoms with Crippen LogP contribution in [0, 0.1) is 12.8 Å². The van der Waals surface area contributed by atoms with Gasteiger partial charge in [0.25, 0.3) is 0 Å². The van der Waals surface area contributed by atoms with Crippen molar-refractivity contribution in [1.29, 1.82) is 0 Å². The second-order valence-electron chi connectivity index (χ2n) is 8.86. The number of aromatic nitrogens is 3. The highest BCUT2D eigenvalue weighted by molar-refractivity contribution is 5.67.